The van der Waals surface area contributed by atoms with Crippen LogP contribution in [-0.4, -0.2) is 19.2 Å². The lowest BCUT2D eigenvalue weighted by Crippen LogP contribution is -2.14. The number of benzene rings is 2. The molecule has 0 aliphatic heterocycles. The fraction of sp³-hybridized carbons (Fsp3) is 0.118. The topological polar surface area (TPSA) is 44.8 Å². The van der Waals surface area contributed by atoms with Crippen LogP contribution in [0.15, 0.2) is 67.3 Å². The van der Waals surface area contributed by atoms with Crippen LogP contribution in [0, 0.1) is 0 Å². The summed E-state index contributed by atoms with van der Waals surface area (Å²) in [6.07, 6.45) is 1.51. The van der Waals surface area contributed by atoms with Gasteiger partial charge in [0, 0.05) is 6.07 Å². The summed E-state index contributed by atoms with van der Waals surface area (Å²) in [5.41, 5.74) is 0. The second-order valence-corrected chi connectivity index (χ2v) is 4.15. The lowest BCUT2D eigenvalue weighted by Gasteiger charge is -2.09. The van der Waals surface area contributed by atoms with E-state index < -0.39 is 5.97 Å². The van der Waals surface area contributed by atoms with Crippen molar-refractivity contribution >= 4 is 5.97 Å². The fourth-order valence-electron chi connectivity index (χ4n) is 1.59. The summed E-state index contributed by atoms with van der Waals surface area (Å²) in [6, 6.07) is 16.5. The lowest BCUT2D eigenvalue weighted by molar-refractivity contribution is -0.144. The molecule has 0 aliphatic rings. The zero-order valence-corrected chi connectivity index (χ0v) is 11.5. The summed E-state index contributed by atoms with van der Waals surface area (Å²) in [7, 11) is 0. The number of para-hydroxylation sites is 1. The first-order valence-electron chi connectivity index (χ1n) is 6.50. The van der Waals surface area contributed by atoms with Gasteiger partial charge in [0.2, 0.25) is 0 Å². The van der Waals surface area contributed by atoms with Gasteiger partial charge in [0.25, 0.3) is 0 Å². The van der Waals surface area contributed by atoms with Crippen molar-refractivity contribution in [2.45, 2.75) is 0 Å². The molecule has 2 aromatic carbocycles. The Balaban J connectivity index is 1.92. The van der Waals surface area contributed by atoms with Gasteiger partial charge in [-0.15, -0.1) is 0 Å². The van der Waals surface area contributed by atoms with E-state index in [4.69, 9.17) is 14.2 Å². The Labute approximate surface area is 123 Å². The Morgan fingerprint density at radius 3 is 2.48 bits per heavy atom. The van der Waals surface area contributed by atoms with Gasteiger partial charge in [-0.3, -0.25) is 0 Å². The molecule has 0 fully saturated rings. The molecule has 0 bridgehead atoms. The van der Waals surface area contributed by atoms with Crippen molar-refractivity contribution in [1.82, 2.24) is 0 Å². The van der Waals surface area contributed by atoms with E-state index in [2.05, 4.69) is 6.58 Å². The van der Waals surface area contributed by atoms with E-state index in [1.165, 1.54) is 6.08 Å². The van der Waals surface area contributed by atoms with Crippen LogP contribution in [0.4, 0.5) is 0 Å². The molecule has 0 aromatic heterocycles. The van der Waals surface area contributed by atoms with Crippen LogP contribution in [-0.2, 0) is 9.53 Å². The zero-order valence-electron chi connectivity index (χ0n) is 11.5. The van der Waals surface area contributed by atoms with Gasteiger partial charge in [-0.2, -0.15) is 0 Å². The minimum Gasteiger partial charge on any atom is -0.482 e. The van der Waals surface area contributed by atoms with Crippen molar-refractivity contribution in [3.63, 3.8) is 0 Å². The molecule has 0 radical (unpaired) electrons. The molecule has 108 valence electrons. The summed E-state index contributed by atoms with van der Waals surface area (Å²) >= 11 is 0. The number of carbonyl (C=O) groups is 1. The smallest absolute Gasteiger partial charge is 0.344 e. The Morgan fingerprint density at radius 1 is 1.00 bits per heavy atom. The third kappa shape index (κ3) is 5.03. The van der Waals surface area contributed by atoms with Gasteiger partial charge in [-0.25, -0.2) is 4.79 Å². The SMILES string of the molecule is C=CCOC(=O)COc1cccc(Oc2ccccc2)c1. The van der Waals surface area contributed by atoms with Crippen LogP contribution in [0.1, 0.15) is 0 Å². The molecule has 21 heavy (non-hydrogen) atoms. The summed E-state index contributed by atoms with van der Waals surface area (Å²) in [4.78, 5) is 11.3. The van der Waals surface area contributed by atoms with E-state index in [0.717, 1.165) is 5.75 Å². The quantitative estimate of drug-likeness (QED) is 0.576. The van der Waals surface area contributed by atoms with E-state index in [0.29, 0.717) is 11.5 Å². The van der Waals surface area contributed by atoms with E-state index >= 15 is 0 Å². The number of rotatable bonds is 7. The second-order valence-electron chi connectivity index (χ2n) is 4.15. The standard InChI is InChI=1S/C17H16O4/c1-2-11-19-17(18)13-20-15-9-6-10-16(12-15)21-14-7-4-3-5-8-14/h2-10,12H,1,11,13H2. The Kier molecular flexibility index (Phi) is 5.41. The molecule has 0 unspecified atom stereocenters. The highest BCUT2D eigenvalue weighted by molar-refractivity contribution is 5.71. The van der Waals surface area contributed by atoms with Crippen LogP contribution < -0.4 is 9.47 Å². The summed E-state index contributed by atoms with van der Waals surface area (Å²) in [6.45, 7) is 3.50. The molecule has 0 spiro atoms. The summed E-state index contributed by atoms with van der Waals surface area (Å²) < 4.78 is 15.9. The van der Waals surface area contributed by atoms with Gasteiger partial charge >= 0.3 is 5.97 Å². The van der Waals surface area contributed by atoms with Gasteiger partial charge in [0.05, 0.1) is 0 Å². The van der Waals surface area contributed by atoms with Gasteiger partial charge in [-0.05, 0) is 24.3 Å². The Bertz CT molecular complexity index is 593. The van der Waals surface area contributed by atoms with Crippen molar-refractivity contribution in [1.29, 1.82) is 0 Å². The monoisotopic (exact) mass is 284 g/mol. The van der Waals surface area contributed by atoms with Crippen molar-refractivity contribution in [3.8, 4) is 17.2 Å². The van der Waals surface area contributed by atoms with Crippen LogP contribution in [0.2, 0.25) is 0 Å². The predicted molar refractivity (Wildman–Crippen MR) is 79.6 cm³/mol. The molecule has 4 nitrogen and oxygen atoms in total. The summed E-state index contributed by atoms with van der Waals surface area (Å²) in [5, 5.41) is 0. The molecule has 2 rings (SSSR count). The van der Waals surface area contributed by atoms with Crippen molar-refractivity contribution in [3.05, 3.63) is 67.3 Å². The van der Waals surface area contributed by atoms with E-state index in [-0.39, 0.29) is 13.2 Å². The molecule has 2 aromatic rings. The van der Waals surface area contributed by atoms with Crippen LogP contribution >= 0.6 is 0 Å². The number of hydrogen-bond acceptors (Lipinski definition) is 4. The molecule has 0 atom stereocenters. The van der Waals surface area contributed by atoms with Crippen LogP contribution in [0.25, 0.3) is 0 Å². The van der Waals surface area contributed by atoms with Crippen molar-refractivity contribution in [2.75, 3.05) is 13.2 Å². The Morgan fingerprint density at radius 2 is 1.71 bits per heavy atom. The third-order valence-corrected chi connectivity index (χ3v) is 2.50. The average Bonchev–Trinajstić information content (AvgIpc) is 2.52. The molecule has 0 saturated carbocycles. The van der Waals surface area contributed by atoms with Gasteiger partial charge in [-0.1, -0.05) is 36.9 Å². The largest absolute Gasteiger partial charge is 0.482 e. The van der Waals surface area contributed by atoms with Gasteiger partial charge in [0.1, 0.15) is 23.9 Å². The number of esters is 1. The first kappa shape index (κ1) is 14.7. The maximum Gasteiger partial charge on any atom is 0.344 e. The molecule has 4 heteroatoms. The summed E-state index contributed by atoms with van der Waals surface area (Å²) in [5.74, 6) is 1.47. The van der Waals surface area contributed by atoms with Gasteiger partial charge in [0.15, 0.2) is 6.61 Å². The second kappa shape index (κ2) is 7.75. The maximum absolute atomic E-state index is 11.3. The zero-order chi connectivity index (χ0) is 14.9. The minimum atomic E-state index is -0.440. The van der Waals surface area contributed by atoms with Gasteiger partial charge < -0.3 is 14.2 Å². The van der Waals surface area contributed by atoms with Crippen LogP contribution in [0.3, 0.4) is 0 Å². The fourth-order valence-corrected chi connectivity index (χ4v) is 1.59. The first-order valence-corrected chi connectivity index (χ1v) is 6.50. The number of carbonyl (C=O) groups excluding carboxylic acids is 1. The highest BCUT2D eigenvalue weighted by Crippen LogP contribution is 2.24. The number of hydrogen-bond donors (Lipinski definition) is 0. The van der Waals surface area contributed by atoms with E-state index in [1.54, 1.807) is 18.2 Å². The Hall–Kier alpha value is -2.75. The van der Waals surface area contributed by atoms with Crippen LogP contribution in [0.5, 0.6) is 17.2 Å². The molecule has 0 N–H and O–H groups in total. The lowest BCUT2D eigenvalue weighted by atomic mass is 10.3. The van der Waals surface area contributed by atoms with E-state index in [1.807, 2.05) is 36.4 Å². The molecular formula is C17H16O4. The predicted octanol–water partition coefficient (Wildman–Crippen LogP) is 3.59. The third-order valence-electron chi connectivity index (χ3n) is 2.50. The average molecular weight is 284 g/mol. The molecule has 0 saturated heterocycles. The van der Waals surface area contributed by atoms with Crippen molar-refractivity contribution < 1.29 is 19.0 Å². The molecular weight excluding hydrogens is 268 g/mol. The van der Waals surface area contributed by atoms with E-state index in [9.17, 15) is 4.79 Å². The highest BCUT2D eigenvalue weighted by atomic mass is 16.6. The van der Waals surface area contributed by atoms with Crippen molar-refractivity contribution in [2.24, 2.45) is 0 Å². The first-order chi connectivity index (χ1) is 10.3. The highest BCUT2D eigenvalue weighted by Gasteiger charge is 2.04. The number of ether oxygens (including phenoxy) is 3. The molecule has 0 aliphatic carbocycles. The normalized spacial score (nSPS) is 9.71. The maximum atomic E-state index is 11.3. The molecule has 0 amide bonds. The minimum absolute atomic E-state index is 0.150. The molecule has 0 heterocycles.